The molecule has 0 N–H and O–H groups in total. The van der Waals surface area contributed by atoms with Crippen molar-refractivity contribution in [1.82, 2.24) is 4.31 Å². The van der Waals surface area contributed by atoms with Crippen molar-refractivity contribution in [2.24, 2.45) is 0 Å². The van der Waals surface area contributed by atoms with E-state index >= 15 is 0 Å². The zero-order valence-corrected chi connectivity index (χ0v) is 12.4. The lowest BCUT2D eigenvalue weighted by molar-refractivity contribution is -0.148. The Balaban J connectivity index is 2.72. The van der Waals surface area contributed by atoms with Crippen molar-refractivity contribution in [2.75, 3.05) is 32.1 Å². The first-order valence-electron chi connectivity index (χ1n) is 6.76. The molecule has 0 aromatic rings. The van der Waals surface area contributed by atoms with E-state index in [1.54, 1.807) is 6.92 Å². The Labute approximate surface area is 115 Å². The van der Waals surface area contributed by atoms with Gasteiger partial charge in [-0.1, -0.05) is 0 Å². The predicted molar refractivity (Wildman–Crippen MR) is 71.3 cm³/mol. The zero-order valence-electron chi connectivity index (χ0n) is 11.6. The van der Waals surface area contributed by atoms with E-state index < -0.39 is 22.0 Å². The van der Waals surface area contributed by atoms with Gasteiger partial charge in [0.05, 0.1) is 19.0 Å². The van der Waals surface area contributed by atoms with Crippen molar-refractivity contribution < 1.29 is 22.7 Å². The molecule has 1 rings (SSSR count). The summed E-state index contributed by atoms with van der Waals surface area (Å²) in [5, 5.41) is 0. The molecule has 1 saturated heterocycles. The number of hydrogen-bond donors (Lipinski definition) is 0. The van der Waals surface area contributed by atoms with Gasteiger partial charge in [0, 0.05) is 13.2 Å². The van der Waals surface area contributed by atoms with E-state index in [1.807, 2.05) is 6.92 Å². The van der Waals surface area contributed by atoms with Crippen LogP contribution in [0.25, 0.3) is 0 Å². The molecule has 0 spiro atoms. The van der Waals surface area contributed by atoms with Crippen LogP contribution >= 0.6 is 0 Å². The van der Waals surface area contributed by atoms with Gasteiger partial charge in [0.25, 0.3) is 0 Å². The van der Waals surface area contributed by atoms with Crippen molar-refractivity contribution in [3.05, 3.63) is 0 Å². The molecule has 1 aliphatic heterocycles. The minimum Gasteiger partial charge on any atom is -0.465 e. The Kier molecular flexibility index (Phi) is 6.74. The van der Waals surface area contributed by atoms with Gasteiger partial charge in [0.2, 0.25) is 10.0 Å². The second kappa shape index (κ2) is 7.81. The molecule has 112 valence electrons. The molecule has 0 aliphatic carbocycles. The number of hydrogen-bond acceptors (Lipinski definition) is 5. The Hall–Kier alpha value is -0.660. The third-order valence-corrected chi connectivity index (χ3v) is 4.89. The highest BCUT2D eigenvalue weighted by molar-refractivity contribution is 7.89. The van der Waals surface area contributed by atoms with Crippen molar-refractivity contribution >= 4 is 16.0 Å². The first-order valence-corrected chi connectivity index (χ1v) is 8.37. The van der Waals surface area contributed by atoms with E-state index in [4.69, 9.17) is 9.47 Å². The molecule has 6 nitrogen and oxygen atoms in total. The monoisotopic (exact) mass is 293 g/mol. The Morgan fingerprint density at radius 2 is 2.00 bits per heavy atom. The summed E-state index contributed by atoms with van der Waals surface area (Å²) in [5.74, 6) is -0.529. The molecule has 19 heavy (non-hydrogen) atoms. The highest BCUT2D eigenvalue weighted by Gasteiger charge is 2.37. The van der Waals surface area contributed by atoms with E-state index in [0.29, 0.717) is 19.6 Å². The van der Waals surface area contributed by atoms with Crippen LogP contribution in [0.4, 0.5) is 0 Å². The molecule has 1 heterocycles. The smallest absolute Gasteiger partial charge is 0.324 e. The predicted octanol–water partition coefficient (Wildman–Crippen LogP) is 0.770. The molecule has 1 unspecified atom stereocenters. The van der Waals surface area contributed by atoms with Gasteiger partial charge >= 0.3 is 5.97 Å². The van der Waals surface area contributed by atoms with Crippen LogP contribution < -0.4 is 0 Å². The maximum Gasteiger partial charge on any atom is 0.324 e. The molecular formula is C12H23NO5S. The van der Waals surface area contributed by atoms with Crippen LogP contribution in [0.2, 0.25) is 0 Å². The van der Waals surface area contributed by atoms with Crippen LogP contribution in [-0.2, 0) is 24.3 Å². The lowest BCUT2D eigenvalue weighted by Crippen LogP contribution is -2.49. The average Bonchev–Trinajstić information content (AvgIpc) is 2.39. The first kappa shape index (κ1) is 16.4. The summed E-state index contributed by atoms with van der Waals surface area (Å²) in [4.78, 5) is 11.8. The molecule has 1 fully saturated rings. The summed E-state index contributed by atoms with van der Waals surface area (Å²) in [6.45, 7) is 4.82. The van der Waals surface area contributed by atoms with Crippen LogP contribution in [0.3, 0.4) is 0 Å². The van der Waals surface area contributed by atoms with Gasteiger partial charge in [-0.05, 0) is 33.1 Å². The second-order valence-corrected chi connectivity index (χ2v) is 6.43. The Bertz CT molecular complexity index is 382. The number of carbonyl (C=O) groups is 1. The van der Waals surface area contributed by atoms with Gasteiger partial charge in [-0.15, -0.1) is 0 Å². The molecule has 0 aromatic heterocycles. The third-order valence-electron chi connectivity index (χ3n) is 3.06. The molecule has 0 saturated carbocycles. The minimum absolute atomic E-state index is 0.0866. The quantitative estimate of drug-likeness (QED) is 0.512. The van der Waals surface area contributed by atoms with Crippen molar-refractivity contribution in [1.29, 1.82) is 0 Å². The van der Waals surface area contributed by atoms with Crippen molar-refractivity contribution in [2.45, 2.75) is 39.2 Å². The Morgan fingerprint density at radius 3 is 2.63 bits per heavy atom. The summed E-state index contributed by atoms with van der Waals surface area (Å²) in [7, 11) is -3.46. The van der Waals surface area contributed by atoms with Gasteiger partial charge in [-0.3, -0.25) is 4.79 Å². The molecule has 0 aromatic carbocycles. The number of esters is 1. The summed E-state index contributed by atoms with van der Waals surface area (Å²) >= 11 is 0. The number of sulfonamides is 1. The number of piperidine rings is 1. The van der Waals surface area contributed by atoms with E-state index in [-0.39, 0.29) is 19.0 Å². The summed E-state index contributed by atoms with van der Waals surface area (Å²) in [5.41, 5.74) is 0. The fourth-order valence-corrected chi connectivity index (χ4v) is 3.69. The standard InChI is InChI=1S/C12H23NO5S/c1-3-17-9-10-19(15,16)13-8-6-5-7-11(13)12(14)18-4-2/h11H,3-10H2,1-2H3. The second-order valence-electron chi connectivity index (χ2n) is 4.39. The van der Waals surface area contributed by atoms with Gasteiger partial charge in [-0.2, -0.15) is 4.31 Å². The topological polar surface area (TPSA) is 72.9 Å². The maximum atomic E-state index is 12.2. The van der Waals surface area contributed by atoms with Crippen molar-refractivity contribution in [3.8, 4) is 0 Å². The normalized spacial score (nSPS) is 21.3. The fourth-order valence-electron chi connectivity index (χ4n) is 2.14. The molecule has 0 amide bonds. The average molecular weight is 293 g/mol. The number of ether oxygens (including phenoxy) is 2. The molecule has 1 aliphatic rings. The first-order chi connectivity index (χ1) is 9.03. The highest BCUT2D eigenvalue weighted by atomic mass is 32.2. The van der Waals surface area contributed by atoms with E-state index in [0.717, 1.165) is 12.8 Å². The van der Waals surface area contributed by atoms with Crippen LogP contribution in [0.15, 0.2) is 0 Å². The maximum absolute atomic E-state index is 12.2. The van der Waals surface area contributed by atoms with Gasteiger partial charge in [0.1, 0.15) is 6.04 Å². The zero-order chi connectivity index (χ0) is 14.3. The summed E-state index contributed by atoms with van der Waals surface area (Å²) in [6, 6.07) is -0.666. The number of nitrogens with zero attached hydrogens (tertiary/aromatic N) is 1. The molecule has 7 heteroatoms. The lowest BCUT2D eigenvalue weighted by Gasteiger charge is -2.32. The van der Waals surface area contributed by atoms with Crippen LogP contribution in [0.5, 0.6) is 0 Å². The molecule has 0 bridgehead atoms. The van der Waals surface area contributed by atoms with Gasteiger partial charge < -0.3 is 9.47 Å². The van der Waals surface area contributed by atoms with E-state index in [9.17, 15) is 13.2 Å². The van der Waals surface area contributed by atoms with Crippen LogP contribution in [0.1, 0.15) is 33.1 Å². The minimum atomic E-state index is -3.46. The van der Waals surface area contributed by atoms with Crippen LogP contribution in [0, 0.1) is 0 Å². The third kappa shape index (κ3) is 4.74. The Morgan fingerprint density at radius 1 is 1.26 bits per heavy atom. The number of rotatable bonds is 7. The largest absolute Gasteiger partial charge is 0.465 e. The molecule has 0 radical (unpaired) electrons. The lowest BCUT2D eigenvalue weighted by atomic mass is 10.1. The van der Waals surface area contributed by atoms with Crippen LogP contribution in [-0.4, -0.2) is 56.9 Å². The van der Waals surface area contributed by atoms with E-state index in [1.165, 1.54) is 4.31 Å². The SMILES string of the molecule is CCOCCS(=O)(=O)N1CCCCC1C(=O)OCC. The molecular weight excluding hydrogens is 270 g/mol. The van der Waals surface area contributed by atoms with Gasteiger partial charge in [-0.25, -0.2) is 8.42 Å². The van der Waals surface area contributed by atoms with Gasteiger partial charge in [0.15, 0.2) is 0 Å². The highest BCUT2D eigenvalue weighted by Crippen LogP contribution is 2.22. The summed E-state index contributed by atoms with van der Waals surface area (Å²) < 4.78 is 35.8. The number of carbonyl (C=O) groups excluding carboxylic acids is 1. The molecule has 1 atom stereocenters. The van der Waals surface area contributed by atoms with Crippen molar-refractivity contribution in [3.63, 3.8) is 0 Å². The summed E-state index contributed by atoms with van der Waals surface area (Å²) in [6.07, 6.45) is 2.16. The fraction of sp³-hybridized carbons (Fsp3) is 0.917. The van der Waals surface area contributed by atoms with E-state index in [2.05, 4.69) is 0 Å².